The number of nitrogens with two attached hydrogens (primary N) is 1. The van der Waals surface area contributed by atoms with E-state index in [2.05, 4.69) is 5.32 Å². The Labute approximate surface area is 175 Å². The highest BCUT2D eigenvalue weighted by atomic mass is 35.7. The molecule has 10 nitrogen and oxygen atoms in total. The van der Waals surface area contributed by atoms with Gasteiger partial charge in [0.05, 0.1) is 15.6 Å². The molecule has 1 amide bonds. The molecule has 160 valence electrons. The minimum absolute atomic E-state index is 0.106. The van der Waals surface area contributed by atoms with Crippen LogP contribution in [0.5, 0.6) is 0 Å². The number of nitrogens with zero attached hydrogens (tertiary/aromatic N) is 1. The summed E-state index contributed by atoms with van der Waals surface area (Å²) in [5.74, 6) is -0.264. The summed E-state index contributed by atoms with van der Waals surface area (Å²) >= 11 is 6.02. The Morgan fingerprint density at radius 3 is 2.00 bits per heavy atom. The number of hydrogen-bond acceptors (Lipinski definition) is 7. The molecule has 2 aromatic rings. The fourth-order valence-corrected chi connectivity index (χ4v) is 3.32. The predicted octanol–water partition coefficient (Wildman–Crippen LogP) is -2.92. The maximum Gasteiger partial charge on any atom is 0.290 e. The van der Waals surface area contributed by atoms with E-state index in [-0.39, 0.29) is 22.4 Å². The zero-order valence-electron chi connectivity index (χ0n) is 15.6. The number of hydrogen-bond donors (Lipinski definition) is 2. The van der Waals surface area contributed by atoms with Gasteiger partial charge in [0.25, 0.3) is 5.91 Å². The molecule has 1 aromatic heterocycles. The molecule has 0 aliphatic carbocycles. The number of primary sulfonamides is 1. The van der Waals surface area contributed by atoms with Crippen LogP contribution in [0.4, 0.5) is 5.69 Å². The van der Waals surface area contributed by atoms with Crippen LogP contribution in [-0.2, 0) is 21.4 Å². The topological polar surface area (TPSA) is 185 Å². The molecule has 3 N–H and O–H groups in total. The van der Waals surface area contributed by atoms with Crippen molar-refractivity contribution in [1.29, 1.82) is 0 Å². The highest BCUT2D eigenvalue weighted by Crippen LogP contribution is 2.24. The summed E-state index contributed by atoms with van der Waals surface area (Å²) in [6, 6.07) is 7.91. The molecular weight excluding hydrogens is 449 g/mol. The first kappa shape index (κ1) is 25.2. The molecule has 0 bridgehead atoms. The van der Waals surface area contributed by atoms with Crippen LogP contribution in [0.3, 0.4) is 0 Å². The second-order valence-electron chi connectivity index (χ2n) is 6.01. The smallest absolute Gasteiger partial charge is 0.290 e. The number of anilines is 1. The number of rotatable bonds is 4. The van der Waals surface area contributed by atoms with Gasteiger partial charge in [0, 0.05) is 26.0 Å². The van der Waals surface area contributed by atoms with Gasteiger partial charge in [-0.25, -0.2) is 32.2 Å². The number of sulfonamides is 1. The van der Waals surface area contributed by atoms with E-state index in [1.54, 1.807) is 0 Å². The monoisotopic (exact) mass is 467 g/mol. The van der Waals surface area contributed by atoms with Crippen molar-refractivity contribution in [1.82, 2.24) is 0 Å². The molecule has 0 spiro atoms. The van der Waals surface area contributed by atoms with Crippen molar-refractivity contribution < 1.29 is 46.7 Å². The Hall–Kier alpha value is -1.83. The second kappa shape index (κ2) is 9.78. The zero-order valence-corrected chi connectivity index (χ0v) is 18.0. The number of benzene rings is 1. The highest BCUT2D eigenvalue weighted by Gasteiger charge is 2.18. The molecule has 0 saturated carbocycles. The van der Waals surface area contributed by atoms with Gasteiger partial charge in [0.2, 0.25) is 16.6 Å². The maximum atomic E-state index is 12.3. The van der Waals surface area contributed by atoms with Crippen molar-refractivity contribution in [3.8, 4) is 0 Å². The molecular formula is C16H19Cl2N3O7S. The molecule has 0 unspecified atom stereocenters. The largest absolute Gasteiger partial charge is 0.319 e. The van der Waals surface area contributed by atoms with Crippen LogP contribution in [0.1, 0.15) is 17.0 Å². The van der Waals surface area contributed by atoms with E-state index in [4.69, 9.17) is 35.4 Å². The molecule has 0 saturated heterocycles. The van der Waals surface area contributed by atoms with E-state index >= 15 is 0 Å². The highest BCUT2D eigenvalue weighted by molar-refractivity contribution is 7.89. The lowest BCUT2D eigenvalue weighted by molar-refractivity contribution is -2.00. The van der Waals surface area contributed by atoms with Crippen molar-refractivity contribution in [3.05, 3.63) is 52.3 Å². The fourth-order valence-electron chi connectivity index (χ4n) is 2.49. The molecule has 0 radical (unpaired) electrons. The average Bonchev–Trinajstić information content (AvgIpc) is 2.50. The lowest BCUT2D eigenvalue weighted by Gasteiger charge is -2.17. The summed E-state index contributed by atoms with van der Waals surface area (Å²) in [6.45, 7) is 5.99. The van der Waals surface area contributed by atoms with Crippen molar-refractivity contribution in [2.45, 2.75) is 32.2 Å². The van der Waals surface area contributed by atoms with Gasteiger partial charge in [-0.05, 0) is 30.7 Å². The average molecular weight is 468 g/mol. The first-order valence-corrected chi connectivity index (χ1v) is 11.0. The van der Waals surface area contributed by atoms with Gasteiger partial charge in [0.1, 0.15) is 0 Å². The fraction of sp³-hybridized carbons (Fsp3) is 0.250. The van der Waals surface area contributed by atoms with Crippen LogP contribution in [0.2, 0.25) is 5.02 Å². The number of carbonyl (C=O) groups is 1. The number of halogens is 2. The summed E-state index contributed by atoms with van der Waals surface area (Å²) < 4.78 is 58.4. The lowest BCUT2D eigenvalue weighted by Crippen LogP contribution is -2.68. The molecule has 13 heteroatoms. The van der Waals surface area contributed by atoms with Crippen LogP contribution >= 0.6 is 11.6 Å². The van der Waals surface area contributed by atoms with Gasteiger partial charge >= 0.3 is 0 Å². The Balaban J connectivity index is 0.000000749. The standard InChI is InChI=1S/C16H18ClN3O3S.ClHO4/c1-10-6-11(2)20(12(3)7-10)9-16(21)19-15-5-4-13(8-14(15)17)24(18,22)23;2-1(3,4)5/h4-8H,9H2,1-3H3,(H2-,18,19,21,22,23);(H,2,3,4,5). The normalized spacial score (nSPS) is 11.5. The first-order valence-electron chi connectivity index (χ1n) is 7.79. The van der Waals surface area contributed by atoms with Crippen molar-refractivity contribution in [3.63, 3.8) is 0 Å². The van der Waals surface area contributed by atoms with Crippen molar-refractivity contribution in [2.24, 2.45) is 5.14 Å². The summed E-state index contributed by atoms with van der Waals surface area (Å²) in [5, 5.41) is 7.84. The number of aryl methyl sites for hydroxylation is 3. The Bertz CT molecular complexity index is 979. The van der Waals surface area contributed by atoms with Crippen LogP contribution in [0, 0.1) is 31.0 Å². The van der Waals surface area contributed by atoms with Gasteiger partial charge in [-0.2, -0.15) is 4.57 Å². The SMILES string of the molecule is Cc1cc(C)[n+](CC(=O)Nc2ccc(S(N)(=O)=O)cc2Cl)c(C)c1.[O-][Cl+3]([O-])([O-])[O-]. The number of amides is 1. The van der Waals surface area contributed by atoms with Gasteiger partial charge in [0.15, 0.2) is 11.4 Å². The maximum absolute atomic E-state index is 12.3. The van der Waals surface area contributed by atoms with E-state index in [1.807, 2.05) is 37.5 Å². The lowest BCUT2D eigenvalue weighted by atomic mass is 10.2. The van der Waals surface area contributed by atoms with Crippen LogP contribution < -0.4 is 33.7 Å². The molecule has 1 aromatic carbocycles. The number of carbonyl (C=O) groups excluding carboxylic acids is 1. The summed E-state index contributed by atoms with van der Waals surface area (Å²) in [6.07, 6.45) is 0. The van der Waals surface area contributed by atoms with Gasteiger partial charge in [-0.1, -0.05) is 11.6 Å². The van der Waals surface area contributed by atoms with Crippen LogP contribution in [0.25, 0.3) is 0 Å². The number of nitrogens with one attached hydrogen (secondary N) is 1. The number of aromatic nitrogens is 1. The second-order valence-corrected chi connectivity index (χ2v) is 8.74. The van der Waals surface area contributed by atoms with E-state index in [0.29, 0.717) is 5.69 Å². The Morgan fingerprint density at radius 2 is 1.59 bits per heavy atom. The minimum atomic E-state index is -4.94. The third kappa shape index (κ3) is 9.02. The zero-order chi connectivity index (χ0) is 22.6. The van der Waals surface area contributed by atoms with Crippen LogP contribution in [0.15, 0.2) is 35.2 Å². The molecule has 1 heterocycles. The third-order valence-electron chi connectivity index (χ3n) is 3.57. The van der Waals surface area contributed by atoms with E-state index in [0.717, 1.165) is 17.0 Å². The Kier molecular flexibility index (Phi) is 8.50. The molecule has 29 heavy (non-hydrogen) atoms. The van der Waals surface area contributed by atoms with E-state index < -0.39 is 20.3 Å². The van der Waals surface area contributed by atoms with Crippen LogP contribution in [-0.4, -0.2) is 14.3 Å². The number of pyridine rings is 1. The molecule has 0 fully saturated rings. The van der Waals surface area contributed by atoms with Crippen molar-refractivity contribution >= 4 is 33.2 Å². The minimum Gasteiger partial charge on any atom is -0.319 e. The van der Waals surface area contributed by atoms with Gasteiger partial charge in [-0.3, -0.25) is 4.79 Å². The first-order chi connectivity index (χ1) is 13.1. The van der Waals surface area contributed by atoms with Crippen molar-refractivity contribution in [2.75, 3.05) is 5.32 Å². The summed E-state index contributed by atoms with van der Waals surface area (Å²) in [5.41, 5.74) is 3.40. The molecule has 2 rings (SSSR count). The van der Waals surface area contributed by atoms with E-state index in [9.17, 15) is 13.2 Å². The summed E-state index contributed by atoms with van der Waals surface area (Å²) in [7, 11) is -8.78. The van der Waals surface area contributed by atoms with Gasteiger partial charge < -0.3 is 5.32 Å². The molecule has 0 aliphatic rings. The Morgan fingerprint density at radius 1 is 1.10 bits per heavy atom. The summed E-state index contributed by atoms with van der Waals surface area (Å²) in [4.78, 5) is 12.2. The van der Waals surface area contributed by atoms with E-state index in [1.165, 1.54) is 18.2 Å². The molecule has 0 atom stereocenters. The predicted molar refractivity (Wildman–Crippen MR) is 92.3 cm³/mol. The molecule has 0 aliphatic heterocycles. The quantitative estimate of drug-likeness (QED) is 0.450. The third-order valence-corrected chi connectivity index (χ3v) is 4.79. The van der Waals surface area contributed by atoms with Gasteiger partial charge in [-0.15, -0.1) is 10.2 Å².